The third-order valence-electron chi connectivity index (χ3n) is 4.36. The molecule has 1 amide bonds. The summed E-state index contributed by atoms with van der Waals surface area (Å²) >= 11 is 0. The molecule has 1 fully saturated rings. The minimum atomic E-state index is -0.254. The molecule has 1 aromatic heterocycles. The zero-order valence-electron chi connectivity index (χ0n) is 15.7. The summed E-state index contributed by atoms with van der Waals surface area (Å²) in [5.41, 5.74) is 1.80. The van der Waals surface area contributed by atoms with Gasteiger partial charge in [0.2, 0.25) is 0 Å². The molecule has 0 saturated carbocycles. The summed E-state index contributed by atoms with van der Waals surface area (Å²) in [5, 5.41) is 7.43. The van der Waals surface area contributed by atoms with Crippen LogP contribution in [0.25, 0.3) is 11.3 Å². The van der Waals surface area contributed by atoms with Crippen LogP contribution in [0.5, 0.6) is 0 Å². The van der Waals surface area contributed by atoms with Crippen LogP contribution in [0.4, 0.5) is 4.79 Å². The van der Waals surface area contributed by atoms with Crippen LogP contribution in [0.15, 0.2) is 45.9 Å². The fraction of sp³-hybridized carbons (Fsp3) is 0.421. The molecule has 8 heteroatoms. The second-order valence-corrected chi connectivity index (χ2v) is 6.12. The molecule has 0 unspecified atom stereocenters. The Morgan fingerprint density at radius 1 is 1.22 bits per heavy atom. The predicted molar refractivity (Wildman–Crippen MR) is 102 cm³/mol. The van der Waals surface area contributed by atoms with Crippen molar-refractivity contribution in [3.63, 3.8) is 0 Å². The first-order chi connectivity index (χ1) is 13.2. The van der Waals surface area contributed by atoms with Gasteiger partial charge in [0.05, 0.1) is 13.2 Å². The number of benzene rings is 1. The molecule has 3 rings (SSSR count). The number of hydrogen-bond donors (Lipinski definition) is 1. The van der Waals surface area contributed by atoms with Crippen LogP contribution in [-0.4, -0.2) is 66.8 Å². The van der Waals surface area contributed by atoms with Crippen LogP contribution in [0.1, 0.15) is 12.6 Å². The number of ether oxygens (including phenoxy) is 1. The number of aromatic nitrogens is 1. The monoisotopic (exact) mass is 371 g/mol. The highest BCUT2D eigenvalue weighted by atomic mass is 16.6. The van der Waals surface area contributed by atoms with Crippen LogP contribution in [0.2, 0.25) is 0 Å². The Kier molecular flexibility index (Phi) is 6.30. The number of nitrogens with zero attached hydrogens (tertiary/aromatic N) is 4. The van der Waals surface area contributed by atoms with E-state index in [2.05, 4.69) is 20.4 Å². The second kappa shape index (κ2) is 9.07. The second-order valence-electron chi connectivity index (χ2n) is 6.12. The molecule has 2 heterocycles. The Morgan fingerprint density at radius 2 is 1.93 bits per heavy atom. The van der Waals surface area contributed by atoms with Gasteiger partial charge in [-0.05, 0) is 6.92 Å². The average molecular weight is 371 g/mol. The smallest absolute Gasteiger partial charge is 0.409 e. The van der Waals surface area contributed by atoms with Gasteiger partial charge in [-0.1, -0.05) is 35.5 Å². The van der Waals surface area contributed by atoms with Crippen molar-refractivity contribution in [1.29, 1.82) is 0 Å². The molecule has 1 N–H and O–H groups in total. The average Bonchev–Trinajstić information content (AvgIpc) is 3.19. The van der Waals surface area contributed by atoms with Gasteiger partial charge in [-0.25, -0.2) is 4.79 Å². The van der Waals surface area contributed by atoms with Gasteiger partial charge in [-0.2, -0.15) is 0 Å². The molecule has 27 heavy (non-hydrogen) atoms. The molecule has 1 aromatic carbocycles. The minimum Gasteiger partial charge on any atom is -0.450 e. The number of rotatable bonds is 4. The van der Waals surface area contributed by atoms with E-state index in [4.69, 9.17) is 9.26 Å². The topological polar surface area (TPSA) is 83.2 Å². The molecule has 1 aliphatic heterocycles. The highest BCUT2D eigenvalue weighted by Gasteiger charge is 2.23. The van der Waals surface area contributed by atoms with Crippen molar-refractivity contribution in [2.24, 2.45) is 4.99 Å². The molecule has 2 aromatic rings. The van der Waals surface area contributed by atoms with Gasteiger partial charge in [0.15, 0.2) is 11.7 Å². The first-order valence-corrected chi connectivity index (χ1v) is 9.09. The summed E-state index contributed by atoms with van der Waals surface area (Å²) in [6.45, 7) is 5.35. The van der Waals surface area contributed by atoms with Crippen LogP contribution in [0.3, 0.4) is 0 Å². The largest absolute Gasteiger partial charge is 0.450 e. The third-order valence-corrected chi connectivity index (χ3v) is 4.36. The number of carbonyl (C=O) groups is 1. The van der Waals surface area contributed by atoms with Gasteiger partial charge in [0.1, 0.15) is 5.69 Å². The van der Waals surface area contributed by atoms with Gasteiger partial charge in [-0.15, -0.1) is 0 Å². The van der Waals surface area contributed by atoms with Crippen molar-refractivity contribution in [2.75, 3.05) is 39.8 Å². The van der Waals surface area contributed by atoms with Crippen molar-refractivity contribution in [3.05, 3.63) is 42.1 Å². The number of amides is 1. The van der Waals surface area contributed by atoms with E-state index in [1.807, 2.05) is 43.3 Å². The molecule has 0 aliphatic carbocycles. The van der Waals surface area contributed by atoms with Gasteiger partial charge < -0.3 is 24.4 Å². The number of piperazine rings is 1. The van der Waals surface area contributed by atoms with E-state index in [0.29, 0.717) is 39.3 Å². The van der Waals surface area contributed by atoms with Crippen LogP contribution in [-0.2, 0) is 11.3 Å². The quantitative estimate of drug-likeness (QED) is 0.655. The summed E-state index contributed by atoms with van der Waals surface area (Å²) in [6.07, 6.45) is -0.254. The SMILES string of the molecule is CCOC(=O)N1CCN(C(=NC)NCc2cc(-c3ccccc3)on2)CC1. The minimum absolute atomic E-state index is 0.254. The van der Waals surface area contributed by atoms with Gasteiger partial charge in [-0.3, -0.25) is 4.99 Å². The molecular weight excluding hydrogens is 346 g/mol. The lowest BCUT2D eigenvalue weighted by Gasteiger charge is -2.35. The molecule has 0 spiro atoms. The molecule has 144 valence electrons. The predicted octanol–water partition coefficient (Wildman–Crippen LogP) is 2.19. The van der Waals surface area contributed by atoms with E-state index >= 15 is 0 Å². The maximum atomic E-state index is 11.8. The Hall–Kier alpha value is -3.03. The maximum absolute atomic E-state index is 11.8. The maximum Gasteiger partial charge on any atom is 0.409 e. The number of guanidine groups is 1. The van der Waals surface area contributed by atoms with E-state index in [9.17, 15) is 4.79 Å². The molecule has 8 nitrogen and oxygen atoms in total. The van der Waals surface area contributed by atoms with E-state index < -0.39 is 0 Å². The molecular formula is C19H25N5O3. The molecule has 0 bridgehead atoms. The first kappa shape index (κ1) is 18.8. The summed E-state index contributed by atoms with van der Waals surface area (Å²) in [7, 11) is 1.75. The highest BCUT2D eigenvalue weighted by molar-refractivity contribution is 5.80. The van der Waals surface area contributed by atoms with Crippen LogP contribution in [0, 0.1) is 0 Å². The summed E-state index contributed by atoms with van der Waals surface area (Å²) < 4.78 is 10.5. The Labute approximate surface area is 158 Å². The highest BCUT2D eigenvalue weighted by Crippen LogP contribution is 2.19. The summed E-state index contributed by atoms with van der Waals surface area (Å²) in [5.74, 6) is 1.52. The van der Waals surface area contributed by atoms with Crippen LogP contribution < -0.4 is 5.32 Å². The lowest BCUT2D eigenvalue weighted by atomic mass is 10.2. The standard InChI is InChI=1S/C19H25N5O3/c1-3-26-19(25)24-11-9-23(10-12-24)18(20-2)21-14-16-13-17(27-22-16)15-7-5-4-6-8-15/h4-8,13H,3,9-12,14H2,1-2H3,(H,20,21). The van der Waals surface area contributed by atoms with E-state index in [1.165, 1.54) is 0 Å². The van der Waals surface area contributed by atoms with Gasteiger partial charge in [0.25, 0.3) is 0 Å². The lowest BCUT2D eigenvalue weighted by Crippen LogP contribution is -2.53. The van der Waals surface area contributed by atoms with E-state index in [0.717, 1.165) is 23.0 Å². The Bertz CT molecular complexity index is 767. The van der Waals surface area contributed by atoms with Crippen LogP contribution >= 0.6 is 0 Å². The van der Waals surface area contributed by atoms with Gasteiger partial charge in [0, 0.05) is 44.9 Å². The fourth-order valence-electron chi connectivity index (χ4n) is 2.95. The zero-order valence-corrected chi connectivity index (χ0v) is 15.7. The lowest BCUT2D eigenvalue weighted by molar-refractivity contribution is 0.0914. The molecule has 0 atom stereocenters. The number of nitrogens with one attached hydrogen (secondary N) is 1. The summed E-state index contributed by atoms with van der Waals surface area (Å²) in [4.78, 5) is 20.0. The van der Waals surface area contributed by atoms with E-state index in [-0.39, 0.29) is 6.09 Å². The Balaban J connectivity index is 1.52. The zero-order chi connectivity index (χ0) is 19.1. The molecule has 1 saturated heterocycles. The Morgan fingerprint density at radius 3 is 2.59 bits per heavy atom. The third kappa shape index (κ3) is 4.78. The first-order valence-electron chi connectivity index (χ1n) is 9.09. The normalized spacial score (nSPS) is 15.0. The van der Waals surface area contributed by atoms with Crippen molar-refractivity contribution in [1.82, 2.24) is 20.3 Å². The van der Waals surface area contributed by atoms with E-state index in [1.54, 1.807) is 11.9 Å². The molecule has 0 radical (unpaired) electrons. The van der Waals surface area contributed by atoms with Crippen molar-refractivity contribution < 1.29 is 14.1 Å². The van der Waals surface area contributed by atoms with Gasteiger partial charge >= 0.3 is 6.09 Å². The van der Waals surface area contributed by atoms with Crippen molar-refractivity contribution in [2.45, 2.75) is 13.5 Å². The van der Waals surface area contributed by atoms with Crippen molar-refractivity contribution >= 4 is 12.1 Å². The molecule has 1 aliphatic rings. The van der Waals surface area contributed by atoms with Crippen molar-refractivity contribution in [3.8, 4) is 11.3 Å². The number of carbonyl (C=O) groups excluding carboxylic acids is 1. The number of aliphatic imine (C=N–C) groups is 1. The number of hydrogen-bond acceptors (Lipinski definition) is 5. The summed E-state index contributed by atoms with van der Waals surface area (Å²) in [6, 6.07) is 11.8. The fourth-order valence-corrected chi connectivity index (χ4v) is 2.95.